The van der Waals surface area contributed by atoms with Crippen LogP contribution in [0.3, 0.4) is 0 Å². The number of esters is 3. The summed E-state index contributed by atoms with van der Waals surface area (Å²) in [6.07, 6.45) is -5.55. The van der Waals surface area contributed by atoms with Crippen LogP contribution in [0.1, 0.15) is 106 Å². The van der Waals surface area contributed by atoms with Crippen LogP contribution < -0.4 is 5.32 Å². The number of benzene rings is 1. The molecule has 0 radical (unpaired) electrons. The lowest BCUT2D eigenvalue weighted by atomic mass is 9.49. The molecule has 0 spiro atoms. The van der Waals surface area contributed by atoms with E-state index in [-0.39, 0.29) is 30.9 Å². The van der Waals surface area contributed by atoms with E-state index in [2.05, 4.69) is 11.9 Å². The topological polar surface area (TPSA) is 185 Å². The molecule has 2 saturated carbocycles. The van der Waals surface area contributed by atoms with Gasteiger partial charge in [0.1, 0.15) is 23.9 Å². The number of hydrogen-bond acceptors (Lipinski definition) is 13. The Labute approximate surface area is 347 Å². The number of aliphatic hydroxyl groups is 2. The second kappa shape index (κ2) is 15.9. The summed E-state index contributed by atoms with van der Waals surface area (Å²) in [5.41, 5.74) is -4.92. The number of carbonyl (C=O) groups excluding carboxylic acids is 4. The van der Waals surface area contributed by atoms with Crippen LogP contribution in [-0.2, 0) is 42.7 Å². The zero-order chi connectivity index (χ0) is 43.6. The van der Waals surface area contributed by atoms with E-state index in [0.717, 1.165) is 0 Å². The maximum Gasteiger partial charge on any atom is 0.407 e. The lowest BCUT2D eigenvalue weighted by Gasteiger charge is -2.67. The van der Waals surface area contributed by atoms with E-state index in [0.29, 0.717) is 17.6 Å². The lowest BCUT2D eigenvalue weighted by molar-refractivity contribution is -0.391. The minimum absolute atomic E-state index is 0.0118. The van der Waals surface area contributed by atoms with Crippen LogP contribution in [0.4, 0.5) is 4.79 Å². The molecule has 59 heavy (non-hydrogen) atoms. The van der Waals surface area contributed by atoms with Crippen LogP contribution in [0, 0.1) is 28.6 Å². The summed E-state index contributed by atoms with van der Waals surface area (Å²) in [6.45, 7) is 23.2. The molecule has 1 aromatic rings. The Bertz CT molecular complexity index is 1830. The van der Waals surface area contributed by atoms with Gasteiger partial charge in [-0.25, -0.2) is 14.4 Å². The second-order valence-electron chi connectivity index (χ2n) is 19.3. The van der Waals surface area contributed by atoms with Gasteiger partial charge in [0, 0.05) is 31.1 Å². The van der Waals surface area contributed by atoms with Crippen molar-refractivity contribution in [3.63, 3.8) is 0 Å². The van der Waals surface area contributed by atoms with Gasteiger partial charge in [-0.3, -0.25) is 4.79 Å². The Morgan fingerprint density at radius 2 is 1.71 bits per heavy atom. The summed E-state index contributed by atoms with van der Waals surface area (Å²) in [7, 11) is 0. The first-order chi connectivity index (χ1) is 27.4. The summed E-state index contributed by atoms with van der Waals surface area (Å²) in [5.74, 6) is -3.69. The first-order valence-corrected chi connectivity index (χ1v) is 20.7. The zero-order valence-electron chi connectivity index (χ0n) is 36.2. The molecular weight excluding hydrogens is 762 g/mol. The molecule has 3 N–H and O–H groups in total. The summed E-state index contributed by atoms with van der Waals surface area (Å²) in [6, 6.07) is 7.43. The molecule has 0 aromatic heterocycles. The number of hydrogen-bond donors (Lipinski definition) is 3. The number of rotatable bonds is 11. The first-order valence-electron chi connectivity index (χ1n) is 20.7. The van der Waals surface area contributed by atoms with Crippen molar-refractivity contribution in [3.05, 3.63) is 59.7 Å². The molecule has 1 aromatic carbocycles. The minimum Gasteiger partial charge on any atom is -0.457 e. The van der Waals surface area contributed by atoms with Crippen molar-refractivity contribution >= 4 is 24.0 Å². The molecule has 14 heteroatoms. The molecule has 2 aliphatic heterocycles. The highest BCUT2D eigenvalue weighted by molar-refractivity contribution is 5.89. The minimum atomic E-state index is -1.79. The van der Waals surface area contributed by atoms with Crippen LogP contribution in [0.15, 0.2) is 54.1 Å². The highest BCUT2D eigenvalue weighted by atomic mass is 16.7. The third-order valence-electron chi connectivity index (χ3n) is 13.3. The van der Waals surface area contributed by atoms with E-state index in [1.165, 1.54) is 6.92 Å². The van der Waals surface area contributed by atoms with Crippen LogP contribution in [0.5, 0.6) is 0 Å². The summed E-state index contributed by atoms with van der Waals surface area (Å²) in [4.78, 5) is 54.6. The van der Waals surface area contributed by atoms with Crippen LogP contribution in [-0.4, -0.2) is 107 Å². The van der Waals surface area contributed by atoms with Gasteiger partial charge in [-0.1, -0.05) is 52.5 Å². The Balaban J connectivity index is 1.52. The molecule has 14 nitrogen and oxygen atoms in total. The second-order valence-corrected chi connectivity index (χ2v) is 19.3. The number of amides is 1. The predicted molar refractivity (Wildman–Crippen MR) is 214 cm³/mol. The Morgan fingerprint density at radius 1 is 1.05 bits per heavy atom. The van der Waals surface area contributed by atoms with Gasteiger partial charge >= 0.3 is 24.0 Å². The molecule has 326 valence electrons. The maximum atomic E-state index is 14.5. The number of fused-ring (bicyclic) bond motifs is 3. The summed E-state index contributed by atoms with van der Waals surface area (Å²) >= 11 is 0. The normalized spacial score (nSPS) is 36.0. The smallest absolute Gasteiger partial charge is 0.407 e. The third-order valence-corrected chi connectivity index (χ3v) is 13.3. The maximum absolute atomic E-state index is 14.5. The molecule has 2 heterocycles. The van der Waals surface area contributed by atoms with Crippen molar-refractivity contribution in [2.45, 2.75) is 161 Å². The molecule has 6 rings (SSSR count). The first kappa shape index (κ1) is 44.7. The fourth-order valence-corrected chi connectivity index (χ4v) is 11.1. The van der Waals surface area contributed by atoms with Gasteiger partial charge in [0.15, 0.2) is 18.0 Å². The molecule has 5 aliphatic rings. The molecule has 0 bridgehead atoms. The average Bonchev–Trinajstić information content (AvgIpc) is 3.39. The standard InChI is InChI=1S/C45H63NO13/c1-13-32-55-30-20-31-45(22-53-31,58-26(6)47)35-37(57-38(49)27-17-15-14-16-18-27)44(42(10,11)52)21-29(24(4)33(44)25(5)36(56-32)43(30,35)12)54-39(50)34(48)28(19-23(2)3)46-40(51)59-41(7,8)9/h13-18,23,25,28-32,34-37,48,52H,1,19-22H2,2-12H3,(H,46,51)/t25-,28-,29-,30-,31+,32?,34-,35-,36-,37-,43+,44-,45-/m0/s1. The van der Waals surface area contributed by atoms with Crippen molar-refractivity contribution in [2.75, 3.05) is 6.61 Å². The van der Waals surface area contributed by atoms with Crippen molar-refractivity contribution in [3.8, 4) is 0 Å². The zero-order valence-corrected chi connectivity index (χ0v) is 36.2. The predicted octanol–water partition coefficient (Wildman–Crippen LogP) is 5.57. The summed E-state index contributed by atoms with van der Waals surface area (Å²) in [5, 5.41) is 27.0. The van der Waals surface area contributed by atoms with E-state index >= 15 is 0 Å². The molecule has 2 saturated heterocycles. The quantitative estimate of drug-likeness (QED) is 0.143. The molecule has 1 amide bonds. The number of ether oxygens (including phenoxy) is 7. The number of carbonyl (C=O) groups is 4. The molecule has 4 fully saturated rings. The monoisotopic (exact) mass is 825 g/mol. The molecular formula is C45H63NO13. The van der Waals surface area contributed by atoms with Gasteiger partial charge in [0.25, 0.3) is 0 Å². The Kier molecular flexibility index (Phi) is 12.1. The highest BCUT2D eigenvalue weighted by Crippen LogP contribution is 2.70. The van der Waals surface area contributed by atoms with Crippen molar-refractivity contribution in [1.82, 2.24) is 5.32 Å². The lowest BCUT2D eigenvalue weighted by Crippen LogP contribution is -2.80. The molecule has 1 unspecified atom stereocenters. The van der Waals surface area contributed by atoms with E-state index in [9.17, 15) is 29.4 Å². The SMILES string of the molecule is C=CC1O[C@H]2C[C@H]3OC[C@@]3(OC(C)=O)[C@H]3[C@H](OC(=O)c4ccccc4)[C@]4(C(C)(C)O)C[C@H](OC(=O)[C@@H](O)[C@H](CC(C)C)NC(=O)OC(C)(C)C)C(C)=C4[C@H](C)[C@H](O1)[C@]23C. The molecule has 13 atom stereocenters. The number of aliphatic hydroxyl groups excluding tert-OH is 1. The highest BCUT2D eigenvalue weighted by Gasteiger charge is 2.80. The van der Waals surface area contributed by atoms with Crippen molar-refractivity contribution in [2.24, 2.45) is 28.6 Å². The van der Waals surface area contributed by atoms with Gasteiger partial charge in [-0.05, 0) is 83.2 Å². The van der Waals surface area contributed by atoms with Crippen molar-refractivity contribution < 1.29 is 62.5 Å². The fourth-order valence-electron chi connectivity index (χ4n) is 11.1. The number of nitrogens with one attached hydrogen (secondary N) is 1. The van der Waals surface area contributed by atoms with Crippen LogP contribution >= 0.6 is 0 Å². The van der Waals surface area contributed by atoms with Gasteiger partial charge in [-0.15, -0.1) is 0 Å². The average molecular weight is 826 g/mol. The van der Waals surface area contributed by atoms with E-state index in [4.69, 9.17) is 33.2 Å². The summed E-state index contributed by atoms with van der Waals surface area (Å²) < 4.78 is 44.4. The van der Waals surface area contributed by atoms with Gasteiger partial charge in [0.2, 0.25) is 0 Å². The molecule has 3 aliphatic carbocycles. The van der Waals surface area contributed by atoms with E-state index < -0.39 is 112 Å². The largest absolute Gasteiger partial charge is 0.457 e. The van der Waals surface area contributed by atoms with Crippen LogP contribution in [0.2, 0.25) is 0 Å². The van der Waals surface area contributed by atoms with E-state index in [1.54, 1.807) is 78.0 Å². The fraction of sp³-hybridized carbons (Fsp3) is 0.689. The van der Waals surface area contributed by atoms with Crippen molar-refractivity contribution in [1.29, 1.82) is 0 Å². The van der Waals surface area contributed by atoms with Gasteiger partial charge < -0.3 is 48.7 Å². The van der Waals surface area contributed by atoms with Gasteiger partial charge in [-0.2, -0.15) is 0 Å². The third kappa shape index (κ3) is 7.73. The number of alkyl carbamates (subject to hydrolysis) is 1. The van der Waals surface area contributed by atoms with E-state index in [1.807, 2.05) is 27.7 Å². The Morgan fingerprint density at radius 3 is 2.25 bits per heavy atom. The Hall–Kier alpha value is -3.82. The van der Waals surface area contributed by atoms with Gasteiger partial charge in [0.05, 0.1) is 47.4 Å². The van der Waals surface area contributed by atoms with Crippen LogP contribution in [0.25, 0.3) is 0 Å².